The first kappa shape index (κ1) is 17.0. The molecule has 124 valence electrons. The maximum atomic E-state index is 5.66. The monoisotopic (exact) mass is 317 g/mol. The van der Waals surface area contributed by atoms with Gasteiger partial charge in [-0.3, -0.25) is 0 Å². The fourth-order valence-electron chi connectivity index (χ4n) is 2.14. The van der Waals surface area contributed by atoms with E-state index < -0.39 is 0 Å². The molecule has 0 amide bonds. The molecule has 0 aliphatic rings. The lowest BCUT2D eigenvalue weighted by Crippen LogP contribution is -2.20. The van der Waals surface area contributed by atoms with Gasteiger partial charge < -0.3 is 24.3 Å². The molecule has 0 bridgehead atoms. The second-order valence-electron chi connectivity index (χ2n) is 4.89. The van der Waals surface area contributed by atoms with Crippen molar-refractivity contribution < 1.29 is 18.9 Å². The highest BCUT2D eigenvalue weighted by atomic mass is 16.5. The topological polar surface area (TPSA) is 49.0 Å². The summed E-state index contributed by atoms with van der Waals surface area (Å²) in [5, 5.41) is 3.34. The molecule has 2 aromatic rings. The Kier molecular flexibility index (Phi) is 6.56. The average Bonchev–Trinajstić information content (AvgIpc) is 2.61. The summed E-state index contributed by atoms with van der Waals surface area (Å²) in [4.78, 5) is 0. The maximum Gasteiger partial charge on any atom is 0.161 e. The van der Waals surface area contributed by atoms with Gasteiger partial charge in [0.25, 0.3) is 0 Å². The van der Waals surface area contributed by atoms with Crippen LogP contribution in [0.1, 0.15) is 5.56 Å². The summed E-state index contributed by atoms with van der Waals surface area (Å²) in [6.45, 7) is 2.09. The van der Waals surface area contributed by atoms with Gasteiger partial charge in [0, 0.05) is 13.1 Å². The van der Waals surface area contributed by atoms with E-state index in [1.54, 1.807) is 21.3 Å². The van der Waals surface area contributed by atoms with Crippen LogP contribution in [0.3, 0.4) is 0 Å². The molecule has 0 aromatic heterocycles. The van der Waals surface area contributed by atoms with Crippen molar-refractivity contribution in [2.24, 2.45) is 0 Å². The van der Waals surface area contributed by atoms with Crippen LogP contribution in [0.4, 0.5) is 0 Å². The molecule has 0 radical (unpaired) electrons. The quantitative estimate of drug-likeness (QED) is 0.721. The van der Waals surface area contributed by atoms with E-state index in [2.05, 4.69) is 5.32 Å². The number of nitrogens with one attached hydrogen (secondary N) is 1. The molecule has 0 atom stereocenters. The Bertz CT molecular complexity index is 598. The molecule has 2 aromatic carbocycles. The summed E-state index contributed by atoms with van der Waals surface area (Å²) in [5.41, 5.74) is 1.13. The number of ether oxygens (including phenoxy) is 4. The minimum atomic E-state index is 0.597. The zero-order valence-electron chi connectivity index (χ0n) is 13.8. The zero-order valence-corrected chi connectivity index (χ0v) is 13.8. The molecule has 0 heterocycles. The summed E-state index contributed by atoms with van der Waals surface area (Å²) in [5.74, 6) is 3.13. The van der Waals surface area contributed by atoms with Crippen molar-refractivity contribution in [2.75, 3.05) is 34.5 Å². The summed E-state index contributed by atoms with van der Waals surface area (Å²) in [6, 6.07) is 13.4. The average molecular weight is 317 g/mol. The molecule has 0 fully saturated rings. The molecule has 1 N–H and O–H groups in total. The Morgan fingerprint density at radius 1 is 0.783 bits per heavy atom. The van der Waals surface area contributed by atoms with Crippen LogP contribution >= 0.6 is 0 Å². The van der Waals surface area contributed by atoms with Gasteiger partial charge in [-0.05, 0) is 42.0 Å². The second kappa shape index (κ2) is 8.90. The van der Waals surface area contributed by atoms with Crippen LogP contribution in [0.15, 0.2) is 42.5 Å². The third-order valence-electron chi connectivity index (χ3n) is 3.38. The van der Waals surface area contributed by atoms with Gasteiger partial charge >= 0.3 is 0 Å². The molecule has 0 aliphatic heterocycles. The van der Waals surface area contributed by atoms with Crippen LogP contribution in [0.5, 0.6) is 23.0 Å². The third-order valence-corrected chi connectivity index (χ3v) is 3.38. The van der Waals surface area contributed by atoms with Crippen molar-refractivity contribution in [3.05, 3.63) is 48.0 Å². The van der Waals surface area contributed by atoms with E-state index in [-0.39, 0.29) is 0 Å². The van der Waals surface area contributed by atoms with Crippen LogP contribution in [-0.4, -0.2) is 34.5 Å². The summed E-state index contributed by atoms with van der Waals surface area (Å²) in [7, 11) is 4.91. The van der Waals surface area contributed by atoms with E-state index >= 15 is 0 Å². The van der Waals surface area contributed by atoms with Crippen molar-refractivity contribution in [2.45, 2.75) is 6.54 Å². The number of hydrogen-bond acceptors (Lipinski definition) is 5. The molecular weight excluding hydrogens is 294 g/mol. The molecule has 0 saturated heterocycles. The highest BCUT2D eigenvalue weighted by molar-refractivity contribution is 5.42. The van der Waals surface area contributed by atoms with Gasteiger partial charge in [-0.2, -0.15) is 0 Å². The molecule has 5 heteroatoms. The lowest BCUT2D eigenvalue weighted by Gasteiger charge is -2.11. The molecule has 0 unspecified atom stereocenters. The van der Waals surface area contributed by atoms with Gasteiger partial charge in [0.15, 0.2) is 11.5 Å². The van der Waals surface area contributed by atoms with Crippen molar-refractivity contribution in [3.63, 3.8) is 0 Å². The predicted molar refractivity (Wildman–Crippen MR) is 89.7 cm³/mol. The van der Waals surface area contributed by atoms with Crippen LogP contribution in [0.25, 0.3) is 0 Å². The van der Waals surface area contributed by atoms with Gasteiger partial charge in [0.1, 0.15) is 18.1 Å². The van der Waals surface area contributed by atoms with Gasteiger partial charge in [0.05, 0.1) is 21.3 Å². The summed E-state index contributed by atoms with van der Waals surface area (Å²) < 4.78 is 21.3. The second-order valence-corrected chi connectivity index (χ2v) is 4.89. The highest BCUT2D eigenvalue weighted by Gasteiger charge is 2.04. The van der Waals surface area contributed by atoms with Crippen molar-refractivity contribution in [1.82, 2.24) is 5.32 Å². The minimum absolute atomic E-state index is 0.597. The Balaban J connectivity index is 1.72. The first-order valence-electron chi connectivity index (χ1n) is 7.45. The van der Waals surface area contributed by atoms with Gasteiger partial charge in [-0.1, -0.05) is 6.07 Å². The SMILES string of the molecule is COc1ccc(OCCNCc2ccc(OC)c(OC)c2)cc1. The van der Waals surface area contributed by atoms with E-state index in [4.69, 9.17) is 18.9 Å². The standard InChI is InChI=1S/C18H23NO4/c1-20-15-5-7-16(8-6-15)23-11-10-19-13-14-4-9-17(21-2)18(12-14)22-3/h4-9,12,19H,10-11,13H2,1-3H3. The van der Waals surface area contributed by atoms with E-state index in [1.807, 2.05) is 42.5 Å². The Hall–Kier alpha value is -2.40. The van der Waals surface area contributed by atoms with Crippen LogP contribution in [0, 0.1) is 0 Å². The van der Waals surface area contributed by atoms with E-state index in [9.17, 15) is 0 Å². The lowest BCUT2D eigenvalue weighted by atomic mass is 10.2. The maximum absolute atomic E-state index is 5.66. The number of methoxy groups -OCH3 is 3. The summed E-state index contributed by atoms with van der Waals surface area (Å²) in [6.07, 6.45) is 0. The Morgan fingerprint density at radius 2 is 1.48 bits per heavy atom. The summed E-state index contributed by atoms with van der Waals surface area (Å²) >= 11 is 0. The zero-order chi connectivity index (χ0) is 16.5. The number of rotatable bonds is 9. The normalized spacial score (nSPS) is 10.2. The largest absolute Gasteiger partial charge is 0.497 e. The fraction of sp³-hybridized carbons (Fsp3) is 0.333. The van der Waals surface area contributed by atoms with Crippen molar-refractivity contribution in [1.29, 1.82) is 0 Å². The highest BCUT2D eigenvalue weighted by Crippen LogP contribution is 2.27. The number of benzene rings is 2. The van der Waals surface area contributed by atoms with Crippen LogP contribution < -0.4 is 24.3 Å². The number of hydrogen-bond donors (Lipinski definition) is 1. The fourth-order valence-corrected chi connectivity index (χ4v) is 2.14. The predicted octanol–water partition coefficient (Wildman–Crippen LogP) is 2.88. The Morgan fingerprint density at radius 3 is 2.13 bits per heavy atom. The van der Waals surface area contributed by atoms with Crippen molar-refractivity contribution in [3.8, 4) is 23.0 Å². The molecule has 23 heavy (non-hydrogen) atoms. The first-order valence-corrected chi connectivity index (χ1v) is 7.45. The van der Waals surface area contributed by atoms with E-state index in [1.165, 1.54) is 0 Å². The third kappa shape index (κ3) is 5.07. The van der Waals surface area contributed by atoms with E-state index in [0.717, 1.165) is 41.7 Å². The Labute approximate surface area is 137 Å². The van der Waals surface area contributed by atoms with Crippen LogP contribution in [-0.2, 0) is 6.54 Å². The van der Waals surface area contributed by atoms with Crippen LogP contribution in [0.2, 0.25) is 0 Å². The molecule has 5 nitrogen and oxygen atoms in total. The molecular formula is C18H23NO4. The molecule has 0 aliphatic carbocycles. The minimum Gasteiger partial charge on any atom is -0.497 e. The molecule has 2 rings (SSSR count). The van der Waals surface area contributed by atoms with Gasteiger partial charge in [-0.15, -0.1) is 0 Å². The smallest absolute Gasteiger partial charge is 0.161 e. The van der Waals surface area contributed by atoms with Crippen molar-refractivity contribution >= 4 is 0 Å². The van der Waals surface area contributed by atoms with Gasteiger partial charge in [0.2, 0.25) is 0 Å². The lowest BCUT2D eigenvalue weighted by molar-refractivity contribution is 0.312. The first-order chi connectivity index (χ1) is 11.3. The van der Waals surface area contributed by atoms with Gasteiger partial charge in [-0.25, -0.2) is 0 Å². The molecule has 0 saturated carbocycles. The molecule has 0 spiro atoms. The van der Waals surface area contributed by atoms with E-state index in [0.29, 0.717) is 6.61 Å².